The van der Waals surface area contributed by atoms with Crippen LogP contribution in [0.3, 0.4) is 0 Å². The zero-order chi connectivity index (χ0) is 13.0. The lowest BCUT2D eigenvalue weighted by atomic mass is 9.92. The normalized spacial score (nSPS) is 13.1. The Morgan fingerprint density at radius 2 is 1.82 bits per heavy atom. The number of rotatable bonds is 5. The Morgan fingerprint density at radius 1 is 1.18 bits per heavy atom. The summed E-state index contributed by atoms with van der Waals surface area (Å²) in [4.78, 5) is 0. The molecular formula is C15H24BrN. The Kier molecular flexibility index (Phi) is 5.68. The molecule has 17 heavy (non-hydrogen) atoms. The van der Waals surface area contributed by atoms with Crippen LogP contribution in [-0.4, -0.2) is 6.54 Å². The molecule has 0 aliphatic carbocycles. The maximum Gasteiger partial charge on any atom is 0.0325 e. The first kappa shape index (κ1) is 14.7. The molecule has 0 aliphatic rings. The van der Waals surface area contributed by atoms with Gasteiger partial charge in [0, 0.05) is 10.5 Å². The van der Waals surface area contributed by atoms with Crippen LogP contribution >= 0.6 is 15.9 Å². The Bertz CT molecular complexity index is 371. The predicted molar refractivity (Wildman–Crippen MR) is 79.5 cm³/mol. The number of aryl methyl sites for hydroxylation is 2. The number of hydrogen-bond acceptors (Lipinski definition) is 1. The lowest BCUT2D eigenvalue weighted by Crippen LogP contribution is -2.23. The van der Waals surface area contributed by atoms with Crippen LogP contribution in [0.15, 0.2) is 16.6 Å². The molecule has 1 N–H and O–H groups in total. The third-order valence-electron chi connectivity index (χ3n) is 3.08. The van der Waals surface area contributed by atoms with Crippen molar-refractivity contribution in [1.82, 2.24) is 5.32 Å². The second-order valence-electron chi connectivity index (χ2n) is 5.20. The first-order valence-corrected chi connectivity index (χ1v) is 7.25. The van der Waals surface area contributed by atoms with Gasteiger partial charge < -0.3 is 5.32 Å². The molecule has 0 aromatic heterocycles. The van der Waals surface area contributed by atoms with E-state index in [1.165, 1.54) is 27.6 Å². The van der Waals surface area contributed by atoms with Crippen molar-refractivity contribution in [3.05, 3.63) is 33.3 Å². The maximum absolute atomic E-state index is 3.60. The van der Waals surface area contributed by atoms with E-state index < -0.39 is 0 Å². The molecule has 0 saturated heterocycles. The van der Waals surface area contributed by atoms with Crippen molar-refractivity contribution in [2.24, 2.45) is 5.92 Å². The van der Waals surface area contributed by atoms with Gasteiger partial charge in [0.25, 0.3) is 0 Å². The minimum Gasteiger partial charge on any atom is -0.310 e. The van der Waals surface area contributed by atoms with Gasteiger partial charge in [-0.2, -0.15) is 0 Å². The fraction of sp³-hybridized carbons (Fsp3) is 0.600. The van der Waals surface area contributed by atoms with Gasteiger partial charge in [0.15, 0.2) is 0 Å². The molecule has 0 amide bonds. The van der Waals surface area contributed by atoms with Gasteiger partial charge in [0.2, 0.25) is 0 Å². The summed E-state index contributed by atoms with van der Waals surface area (Å²) < 4.78 is 1.21. The molecule has 0 saturated carbocycles. The van der Waals surface area contributed by atoms with Crippen LogP contribution in [0.1, 0.15) is 49.9 Å². The van der Waals surface area contributed by atoms with E-state index >= 15 is 0 Å². The van der Waals surface area contributed by atoms with Gasteiger partial charge in [0.1, 0.15) is 0 Å². The van der Waals surface area contributed by atoms with E-state index in [1.807, 2.05) is 0 Å². The van der Waals surface area contributed by atoms with E-state index in [2.05, 4.69) is 68.0 Å². The summed E-state index contributed by atoms with van der Waals surface area (Å²) in [7, 11) is 0. The Morgan fingerprint density at radius 3 is 2.35 bits per heavy atom. The molecule has 0 aliphatic heterocycles. The molecule has 0 bridgehead atoms. The molecule has 1 aromatic rings. The number of nitrogens with one attached hydrogen (secondary N) is 1. The monoisotopic (exact) mass is 297 g/mol. The average Bonchev–Trinajstić information content (AvgIpc) is 2.22. The summed E-state index contributed by atoms with van der Waals surface area (Å²) in [6, 6.07) is 5.02. The molecule has 1 unspecified atom stereocenters. The molecular weight excluding hydrogens is 274 g/mol. The van der Waals surface area contributed by atoms with Crippen molar-refractivity contribution in [3.63, 3.8) is 0 Å². The molecule has 0 spiro atoms. The molecule has 1 rings (SSSR count). The third-order valence-corrected chi connectivity index (χ3v) is 3.93. The van der Waals surface area contributed by atoms with Crippen molar-refractivity contribution in [3.8, 4) is 0 Å². The quantitative estimate of drug-likeness (QED) is 0.826. The summed E-state index contributed by atoms with van der Waals surface area (Å²) in [5, 5.41) is 3.60. The third kappa shape index (κ3) is 4.11. The zero-order valence-electron chi connectivity index (χ0n) is 11.6. The standard InChI is InChI=1S/C15H24BrN/c1-6-17-15(7-10(2)3)13-8-12(5)14(16)9-11(13)4/h8-10,15,17H,6-7H2,1-5H3. The van der Waals surface area contributed by atoms with E-state index in [4.69, 9.17) is 0 Å². The summed E-state index contributed by atoms with van der Waals surface area (Å²) >= 11 is 3.60. The SMILES string of the molecule is CCNC(CC(C)C)c1cc(C)c(Br)cc1C. The number of halogens is 1. The van der Waals surface area contributed by atoms with Crippen molar-refractivity contribution >= 4 is 15.9 Å². The number of benzene rings is 1. The summed E-state index contributed by atoms with van der Waals surface area (Å²) in [6.45, 7) is 12.1. The minimum atomic E-state index is 0.479. The van der Waals surface area contributed by atoms with Crippen LogP contribution in [0, 0.1) is 19.8 Å². The van der Waals surface area contributed by atoms with Crippen molar-refractivity contribution in [1.29, 1.82) is 0 Å². The lowest BCUT2D eigenvalue weighted by Gasteiger charge is -2.23. The second kappa shape index (κ2) is 6.55. The largest absolute Gasteiger partial charge is 0.310 e. The van der Waals surface area contributed by atoms with E-state index in [0.717, 1.165) is 6.54 Å². The van der Waals surface area contributed by atoms with E-state index in [-0.39, 0.29) is 0 Å². The first-order chi connectivity index (χ1) is 7.95. The van der Waals surface area contributed by atoms with Crippen LogP contribution in [0.5, 0.6) is 0 Å². The number of hydrogen-bond donors (Lipinski definition) is 1. The highest BCUT2D eigenvalue weighted by Gasteiger charge is 2.15. The fourth-order valence-electron chi connectivity index (χ4n) is 2.22. The van der Waals surface area contributed by atoms with Crippen LogP contribution in [0.2, 0.25) is 0 Å². The fourth-order valence-corrected chi connectivity index (χ4v) is 2.67. The zero-order valence-corrected chi connectivity index (χ0v) is 13.2. The molecule has 0 heterocycles. The van der Waals surface area contributed by atoms with Crippen molar-refractivity contribution < 1.29 is 0 Å². The minimum absolute atomic E-state index is 0.479. The lowest BCUT2D eigenvalue weighted by molar-refractivity contribution is 0.437. The van der Waals surface area contributed by atoms with Crippen LogP contribution in [0.25, 0.3) is 0 Å². The highest BCUT2D eigenvalue weighted by atomic mass is 79.9. The van der Waals surface area contributed by atoms with E-state index in [0.29, 0.717) is 12.0 Å². The first-order valence-electron chi connectivity index (χ1n) is 6.45. The summed E-state index contributed by atoms with van der Waals surface area (Å²) in [6.07, 6.45) is 1.19. The van der Waals surface area contributed by atoms with Crippen LogP contribution in [-0.2, 0) is 0 Å². The van der Waals surface area contributed by atoms with Gasteiger partial charge in [-0.05, 0) is 55.5 Å². The molecule has 0 radical (unpaired) electrons. The topological polar surface area (TPSA) is 12.0 Å². The molecule has 96 valence electrons. The van der Waals surface area contributed by atoms with E-state index in [9.17, 15) is 0 Å². The van der Waals surface area contributed by atoms with Crippen molar-refractivity contribution in [2.45, 2.75) is 47.1 Å². The van der Waals surface area contributed by atoms with Crippen LogP contribution < -0.4 is 5.32 Å². The molecule has 2 heteroatoms. The van der Waals surface area contributed by atoms with Crippen LogP contribution in [0.4, 0.5) is 0 Å². The average molecular weight is 298 g/mol. The highest BCUT2D eigenvalue weighted by Crippen LogP contribution is 2.28. The Labute approximate surface area is 114 Å². The summed E-state index contributed by atoms with van der Waals surface area (Å²) in [5.41, 5.74) is 4.13. The highest BCUT2D eigenvalue weighted by molar-refractivity contribution is 9.10. The summed E-state index contributed by atoms with van der Waals surface area (Å²) in [5.74, 6) is 0.711. The smallest absolute Gasteiger partial charge is 0.0325 e. The second-order valence-corrected chi connectivity index (χ2v) is 6.05. The van der Waals surface area contributed by atoms with Gasteiger partial charge in [-0.25, -0.2) is 0 Å². The van der Waals surface area contributed by atoms with Gasteiger partial charge >= 0.3 is 0 Å². The Balaban J connectivity index is 3.04. The molecule has 0 fully saturated rings. The molecule has 1 aromatic carbocycles. The van der Waals surface area contributed by atoms with E-state index in [1.54, 1.807) is 0 Å². The predicted octanol–water partition coefficient (Wildman–Crippen LogP) is 4.76. The van der Waals surface area contributed by atoms with Crippen molar-refractivity contribution in [2.75, 3.05) is 6.54 Å². The van der Waals surface area contributed by atoms with Gasteiger partial charge in [-0.15, -0.1) is 0 Å². The van der Waals surface area contributed by atoms with Gasteiger partial charge in [-0.1, -0.05) is 42.8 Å². The van der Waals surface area contributed by atoms with Gasteiger partial charge in [0.05, 0.1) is 0 Å². The maximum atomic E-state index is 3.60. The Hall–Kier alpha value is -0.340. The molecule has 1 nitrogen and oxygen atoms in total. The van der Waals surface area contributed by atoms with Gasteiger partial charge in [-0.3, -0.25) is 0 Å². The molecule has 1 atom stereocenters.